The van der Waals surface area contributed by atoms with Gasteiger partial charge in [0.15, 0.2) is 5.82 Å². The summed E-state index contributed by atoms with van der Waals surface area (Å²) in [6, 6.07) is 9.99. The highest BCUT2D eigenvalue weighted by molar-refractivity contribution is 5.93. The summed E-state index contributed by atoms with van der Waals surface area (Å²) in [7, 11) is 1.94. The summed E-state index contributed by atoms with van der Waals surface area (Å²) in [5.41, 5.74) is 1.06. The van der Waals surface area contributed by atoms with Crippen molar-refractivity contribution in [3.63, 3.8) is 0 Å². The van der Waals surface area contributed by atoms with E-state index >= 15 is 0 Å². The molecule has 5 nitrogen and oxygen atoms in total. The van der Waals surface area contributed by atoms with E-state index in [1.165, 1.54) is 25.5 Å². The van der Waals surface area contributed by atoms with E-state index < -0.39 is 5.97 Å². The SMILES string of the molecule is CN(c1nc(-c2ccccc2)ncc1C(=O)O)C1CCCCC1. The topological polar surface area (TPSA) is 66.3 Å². The first-order chi connectivity index (χ1) is 11.2. The van der Waals surface area contributed by atoms with Crippen LogP contribution in [0.25, 0.3) is 11.4 Å². The number of hydrogen-bond acceptors (Lipinski definition) is 4. The number of carbonyl (C=O) groups is 1. The molecule has 0 spiro atoms. The van der Waals surface area contributed by atoms with Crippen molar-refractivity contribution < 1.29 is 9.90 Å². The molecule has 1 aliphatic rings. The molecule has 0 saturated heterocycles. The Morgan fingerprint density at radius 2 is 1.87 bits per heavy atom. The Morgan fingerprint density at radius 3 is 2.52 bits per heavy atom. The Balaban J connectivity index is 1.99. The Labute approximate surface area is 136 Å². The van der Waals surface area contributed by atoms with Gasteiger partial charge >= 0.3 is 5.97 Å². The smallest absolute Gasteiger partial charge is 0.341 e. The minimum atomic E-state index is -0.984. The summed E-state index contributed by atoms with van der Waals surface area (Å²) in [5, 5.41) is 9.47. The fourth-order valence-corrected chi connectivity index (χ4v) is 3.16. The molecule has 0 bridgehead atoms. The summed E-state index contributed by atoms with van der Waals surface area (Å²) in [6.07, 6.45) is 7.23. The summed E-state index contributed by atoms with van der Waals surface area (Å²) >= 11 is 0. The van der Waals surface area contributed by atoms with Crippen LogP contribution >= 0.6 is 0 Å². The number of hydrogen-bond donors (Lipinski definition) is 1. The zero-order chi connectivity index (χ0) is 16.2. The lowest BCUT2D eigenvalue weighted by Gasteiger charge is -2.32. The van der Waals surface area contributed by atoms with Gasteiger partial charge in [0.1, 0.15) is 11.4 Å². The molecule has 1 aromatic carbocycles. The second kappa shape index (κ2) is 6.77. The van der Waals surface area contributed by atoms with E-state index in [4.69, 9.17) is 0 Å². The van der Waals surface area contributed by atoms with Gasteiger partial charge in [-0.3, -0.25) is 0 Å². The van der Waals surface area contributed by atoms with Gasteiger partial charge in [-0.05, 0) is 12.8 Å². The summed E-state index contributed by atoms with van der Waals surface area (Å²) in [4.78, 5) is 22.4. The van der Waals surface area contributed by atoms with E-state index in [-0.39, 0.29) is 5.56 Å². The lowest BCUT2D eigenvalue weighted by molar-refractivity contribution is 0.0696. The van der Waals surface area contributed by atoms with Crippen LogP contribution in [0.5, 0.6) is 0 Å². The van der Waals surface area contributed by atoms with Crippen molar-refractivity contribution in [1.82, 2.24) is 9.97 Å². The average molecular weight is 311 g/mol. The van der Waals surface area contributed by atoms with Crippen LogP contribution in [0.3, 0.4) is 0 Å². The number of rotatable bonds is 4. The molecule has 0 radical (unpaired) electrons. The van der Waals surface area contributed by atoms with Crippen LogP contribution in [0.1, 0.15) is 42.5 Å². The van der Waals surface area contributed by atoms with Crippen molar-refractivity contribution in [1.29, 1.82) is 0 Å². The molecule has 23 heavy (non-hydrogen) atoms. The van der Waals surface area contributed by atoms with Crippen molar-refractivity contribution in [2.45, 2.75) is 38.1 Å². The van der Waals surface area contributed by atoms with Gasteiger partial charge in [-0.25, -0.2) is 14.8 Å². The van der Waals surface area contributed by atoms with Gasteiger partial charge in [-0.2, -0.15) is 0 Å². The largest absolute Gasteiger partial charge is 0.477 e. The minimum absolute atomic E-state index is 0.165. The zero-order valence-corrected chi connectivity index (χ0v) is 13.3. The molecule has 0 aliphatic heterocycles. The molecule has 3 rings (SSSR count). The van der Waals surface area contributed by atoms with Crippen LogP contribution in [0.15, 0.2) is 36.5 Å². The molecular weight excluding hydrogens is 290 g/mol. The highest BCUT2D eigenvalue weighted by Gasteiger charge is 2.24. The minimum Gasteiger partial charge on any atom is -0.477 e. The number of nitrogens with zero attached hydrogens (tertiary/aromatic N) is 3. The molecule has 1 fully saturated rings. The molecule has 1 N–H and O–H groups in total. The van der Waals surface area contributed by atoms with E-state index in [9.17, 15) is 9.90 Å². The second-order valence-electron chi connectivity index (χ2n) is 6.00. The fourth-order valence-electron chi connectivity index (χ4n) is 3.16. The van der Waals surface area contributed by atoms with Crippen molar-refractivity contribution in [2.75, 3.05) is 11.9 Å². The van der Waals surface area contributed by atoms with Gasteiger partial charge in [-0.1, -0.05) is 49.6 Å². The number of benzene rings is 1. The van der Waals surface area contributed by atoms with Gasteiger partial charge in [0, 0.05) is 24.8 Å². The highest BCUT2D eigenvalue weighted by Crippen LogP contribution is 2.28. The second-order valence-corrected chi connectivity index (χ2v) is 6.00. The Bertz CT molecular complexity index is 682. The number of aromatic nitrogens is 2. The van der Waals surface area contributed by atoms with Crippen molar-refractivity contribution in [3.8, 4) is 11.4 Å². The number of aromatic carboxylic acids is 1. The summed E-state index contributed by atoms with van der Waals surface area (Å²) < 4.78 is 0. The maximum absolute atomic E-state index is 11.6. The molecule has 1 saturated carbocycles. The van der Waals surface area contributed by atoms with Gasteiger partial charge < -0.3 is 10.0 Å². The van der Waals surface area contributed by atoms with Crippen LogP contribution in [-0.4, -0.2) is 34.1 Å². The van der Waals surface area contributed by atoms with E-state index in [0.717, 1.165) is 18.4 Å². The quantitative estimate of drug-likeness (QED) is 0.934. The third-order valence-electron chi connectivity index (χ3n) is 4.49. The van der Waals surface area contributed by atoms with Crippen molar-refractivity contribution >= 4 is 11.8 Å². The lowest BCUT2D eigenvalue weighted by atomic mass is 9.94. The molecule has 2 aromatic rings. The van der Waals surface area contributed by atoms with Gasteiger partial charge in [0.2, 0.25) is 0 Å². The van der Waals surface area contributed by atoms with Crippen molar-refractivity contribution in [2.24, 2.45) is 0 Å². The standard InChI is InChI=1S/C18H21N3O2/c1-21(14-10-6-3-7-11-14)17-15(18(22)23)12-19-16(20-17)13-8-4-2-5-9-13/h2,4-5,8-9,12,14H,3,6-7,10-11H2,1H3,(H,22,23). The molecular formula is C18H21N3O2. The Hall–Kier alpha value is -2.43. The van der Waals surface area contributed by atoms with Crippen LogP contribution in [0.4, 0.5) is 5.82 Å². The number of carboxylic acids is 1. The highest BCUT2D eigenvalue weighted by atomic mass is 16.4. The Kier molecular flexibility index (Phi) is 4.55. The molecule has 0 unspecified atom stereocenters. The molecule has 0 atom stereocenters. The number of carboxylic acid groups (broad SMARTS) is 1. The molecule has 0 amide bonds. The third kappa shape index (κ3) is 3.33. The molecule has 1 heterocycles. The van der Waals surface area contributed by atoms with Crippen LogP contribution < -0.4 is 4.90 Å². The molecule has 1 aromatic heterocycles. The first kappa shape index (κ1) is 15.5. The fraction of sp³-hybridized carbons (Fsp3) is 0.389. The third-order valence-corrected chi connectivity index (χ3v) is 4.49. The molecule has 1 aliphatic carbocycles. The predicted octanol–water partition coefficient (Wildman–Crippen LogP) is 3.61. The maximum Gasteiger partial charge on any atom is 0.341 e. The van der Waals surface area contributed by atoms with Crippen molar-refractivity contribution in [3.05, 3.63) is 42.1 Å². The molecule has 120 valence electrons. The van der Waals surface area contributed by atoms with Gasteiger partial charge in [0.05, 0.1) is 0 Å². The first-order valence-electron chi connectivity index (χ1n) is 8.05. The van der Waals surface area contributed by atoms with E-state index in [1.54, 1.807) is 0 Å². The van der Waals surface area contributed by atoms with Gasteiger partial charge in [0.25, 0.3) is 0 Å². The zero-order valence-electron chi connectivity index (χ0n) is 13.3. The van der Waals surface area contributed by atoms with Crippen LogP contribution in [0.2, 0.25) is 0 Å². The van der Waals surface area contributed by atoms with E-state index in [1.807, 2.05) is 42.3 Å². The summed E-state index contributed by atoms with van der Waals surface area (Å²) in [6.45, 7) is 0. The van der Waals surface area contributed by atoms with Gasteiger partial charge in [-0.15, -0.1) is 0 Å². The predicted molar refractivity (Wildman–Crippen MR) is 89.7 cm³/mol. The van der Waals surface area contributed by atoms with Crippen LogP contribution in [0, 0.1) is 0 Å². The monoisotopic (exact) mass is 311 g/mol. The molecule has 5 heteroatoms. The lowest BCUT2D eigenvalue weighted by Crippen LogP contribution is -2.35. The van der Waals surface area contributed by atoms with E-state index in [2.05, 4.69) is 9.97 Å². The average Bonchev–Trinajstić information content (AvgIpc) is 2.62. The number of anilines is 1. The summed E-state index contributed by atoms with van der Waals surface area (Å²) in [5.74, 6) is 0.0915. The van der Waals surface area contributed by atoms with Crippen LogP contribution in [-0.2, 0) is 0 Å². The maximum atomic E-state index is 11.6. The normalized spacial score (nSPS) is 15.3. The van der Waals surface area contributed by atoms with E-state index in [0.29, 0.717) is 17.7 Å². The first-order valence-corrected chi connectivity index (χ1v) is 8.05. The Morgan fingerprint density at radius 1 is 1.17 bits per heavy atom.